The smallest absolute Gasteiger partial charge is 0.0992 e. The third kappa shape index (κ3) is 2.92. The molecule has 1 aliphatic carbocycles. The van der Waals surface area contributed by atoms with Gasteiger partial charge in [-0.3, -0.25) is 0 Å². The van der Waals surface area contributed by atoms with Gasteiger partial charge < -0.3 is 9.88 Å². The summed E-state index contributed by atoms with van der Waals surface area (Å²) in [5.41, 5.74) is 2.04. The van der Waals surface area contributed by atoms with Gasteiger partial charge in [-0.25, -0.2) is 4.98 Å². The molecule has 1 aliphatic rings. The zero-order valence-corrected chi connectivity index (χ0v) is 11.8. The van der Waals surface area contributed by atoms with E-state index in [1.807, 2.05) is 22.9 Å². The molecule has 2 aromatic rings. The first-order valence-corrected chi connectivity index (χ1v) is 7.15. The van der Waals surface area contributed by atoms with Crippen LogP contribution in [0.25, 0.3) is 5.69 Å². The molecule has 19 heavy (non-hydrogen) atoms. The van der Waals surface area contributed by atoms with Gasteiger partial charge in [0.25, 0.3) is 0 Å². The monoisotopic (exact) mass is 275 g/mol. The molecule has 0 saturated heterocycles. The summed E-state index contributed by atoms with van der Waals surface area (Å²) in [5.74, 6) is 0.915. The van der Waals surface area contributed by atoms with Crippen molar-refractivity contribution in [1.29, 1.82) is 0 Å². The molecule has 4 heteroatoms. The lowest BCUT2D eigenvalue weighted by atomic mass is 10.1. The number of hydrogen-bond acceptors (Lipinski definition) is 2. The highest BCUT2D eigenvalue weighted by atomic mass is 35.5. The van der Waals surface area contributed by atoms with Crippen LogP contribution in [-0.2, 0) is 0 Å². The van der Waals surface area contributed by atoms with Gasteiger partial charge >= 0.3 is 0 Å². The molecule has 1 fully saturated rings. The topological polar surface area (TPSA) is 29.9 Å². The fraction of sp³-hybridized carbons (Fsp3) is 0.400. The van der Waals surface area contributed by atoms with Crippen LogP contribution in [0, 0.1) is 5.92 Å². The summed E-state index contributed by atoms with van der Waals surface area (Å²) >= 11 is 6.33. The van der Waals surface area contributed by atoms with E-state index in [0.717, 1.165) is 22.3 Å². The van der Waals surface area contributed by atoms with E-state index in [0.29, 0.717) is 6.04 Å². The summed E-state index contributed by atoms with van der Waals surface area (Å²) in [4.78, 5) is 4.09. The molecular weight excluding hydrogens is 258 g/mol. The fourth-order valence-corrected chi connectivity index (χ4v) is 2.74. The van der Waals surface area contributed by atoms with Crippen LogP contribution in [0.5, 0.6) is 0 Å². The lowest BCUT2D eigenvalue weighted by Gasteiger charge is -2.19. The van der Waals surface area contributed by atoms with Crippen molar-refractivity contribution < 1.29 is 0 Å². The minimum atomic E-state index is 0.466. The largest absolute Gasteiger partial charge is 0.381 e. The van der Waals surface area contributed by atoms with Gasteiger partial charge in [-0.05, 0) is 31.4 Å². The van der Waals surface area contributed by atoms with Crippen LogP contribution in [0.4, 0.5) is 5.69 Å². The molecule has 3 nitrogen and oxygen atoms in total. The highest BCUT2D eigenvalue weighted by molar-refractivity contribution is 6.33. The zero-order chi connectivity index (χ0) is 13.2. The predicted octanol–water partition coefficient (Wildman–Crippen LogP) is 4.13. The Hall–Kier alpha value is -1.48. The maximum atomic E-state index is 6.33. The van der Waals surface area contributed by atoms with Gasteiger partial charge in [0, 0.05) is 18.4 Å². The van der Waals surface area contributed by atoms with Gasteiger partial charge in [0.05, 0.1) is 22.7 Å². The molecule has 1 aromatic heterocycles. The van der Waals surface area contributed by atoms with Gasteiger partial charge in [-0.15, -0.1) is 0 Å². The number of nitrogens with zero attached hydrogens (tertiary/aromatic N) is 2. The molecule has 1 N–H and O–H groups in total. The molecule has 0 radical (unpaired) electrons. The van der Waals surface area contributed by atoms with Crippen LogP contribution >= 0.6 is 11.6 Å². The van der Waals surface area contributed by atoms with Crippen LogP contribution in [-0.4, -0.2) is 15.6 Å². The van der Waals surface area contributed by atoms with Crippen molar-refractivity contribution in [2.45, 2.75) is 32.2 Å². The lowest BCUT2D eigenvalue weighted by Crippen LogP contribution is -2.17. The van der Waals surface area contributed by atoms with Crippen LogP contribution < -0.4 is 5.32 Å². The Labute approximate surface area is 118 Å². The normalized spacial score (nSPS) is 16.3. The number of anilines is 1. The van der Waals surface area contributed by atoms with E-state index in [1.165, 1.54) is 19.3 Å². The fourth-order valence-electron chi connectivity index (χ4n) is 2.46. The van der Waals surface area contributed by atoms with Crippen LogP contribution in [0.1, 0.15) is 26.2 Å². The Bertz CT molecular complexity index is 547. The summed E-state index contributed by atoms with van der Waals surface area (Å²) in [6.45, 7) is 2.23. The molecule has 0 amide bonds. The molecular formula is C15H18ClN3. The molecule has 3 rings (SSSR count). The summed E-state index contributed by atoms with van der Waals surface area (Å²) < 4.78 is 1.95. The predicted molar refractivity (Wildman–Crippen MR) is 79.0 cm³/mol. The molecule has 0 spiro atoms. The Balaban J connectivity index is 1.85. The van der Waals surface area contributed by atoms with E-state index in [1.54, 1.807) is 12.5 Å². The minimum Gasteiger partial charge on any atom is -0.381 e. The average molecular weight is 276 g/mol. The van der Waals surface area contributed by atoms with Crippen molar-refractivity contribution in [3.63, 3.8) is 0 Å². The van der Waals surface area contributed by atoms with E-state index < -0.39 is 0 Å². The molecule has 1 aromatic carbocycles. The van der Waals surface area contributed by atoms with Gasteiger partial charge in [-0.2, -0.15) is 0 Å². The first kappa shape index (κ1) is 12.5. The van der Waals surface area contributed by atoms with E-state index in [-0.39, 0.29) is 0 Å². The van der Waals surface area contributed by atoms with Gasteiger partial charge in [0.15, 0.2) is 0 Å². The van der Waals surface area contributed by atoms with Gasteiger partial charge in [-0.1, -0.05) is 30.5 Å². The lowest BCUT2D eigenvalue weighted by molar-refractivity contribution is 0.642. The first-order valence-electron chi connectivity index (χ1n) is 6.77. The quantitative estimate of drug-likeness (QED) is 0.889. The number of halogens is 1. The van der Waals surface area contributed by atoms with Crippen LogP contribution in [0.3, 0.4) is 0 Å². The number of aromatic nitrogens is 2. The maximum Gasteiger partial charge on any atom is 0.0992 e. The third-order valence-corrected chi connectivity index (χ3v) is 3.84. The molecule has 1 heterocycles. The summed E-state index contributed by atoms with van der Waals surface area (Å²) in [5, 5.41) is 4.32. The minimum absolute atomic E-state index is 0.466. The van der Waals surface area contributed by atoms with E-state index in [4.69, 9.17) is 11.6 Å². The molecule has 100 valence electrons. The number of nitrogens with one attached hydrogen (secondary N) is 1. The third-order valence-electron chi connectivity index (χ3n) is 3.54. The van der Waals surface area contributed by atoms with Gasteiger partial charge in [0.2, 0.25) is 0 Å². The Kier molecular flexibility index (Phi) is 3.47. The van der Waals surface area contributed by atoms with E-state index in [2.05, 4.69) is 23.3 Å². The van der Waals surface area contributed by atoms with Crippen molar-refractivity contribution >= 4 is 17.3 Å². The van der Waals surface area contributed by atoms with E-state index in [9.17, 15) is 0 Å². The van der Waals surface area contributed by atoms with Crippen molar-refractivity contribution in [1.82, 2.24) is 9.55 Å². The zero-order valence-electron chi connectivity index (χ0n) is 11.0. The Morgan fingerprint density at radius 3 is 3.00 bits per heavy atom. The molecule has 1 atom stereocenters. The van der Waals surface area contributed by atoms with Crippen molar-refractivity contribution in [3.8, 4) is 5.69 Å². The first-order chi connectivity index (χ1) is 9.24. The second kappa shape index (κ2) is 5.25. The van der Waals surface area contributed by atoms with E-state index >= 15 is 0 Å². The van der Waals surface area contributed by atoms with Crippen LogP contribution in [0.2, 0.25) is 5.02 Å². The summed E-state index contributed by atoms with van der Waals surface area (Å²) in [7, 11) is 0. The van der Waals surface area contributed by atoms with Crippen LogP contribution in [0.15, 0.2) is 36.9 Å². The second-order valence-electron chi connectivity index (χ2n) is 5.33. The Morgan fingerprint density at radius 2 is 2.32 bits per heavy atom. The standard InChI is InChI=1S/C15H18ClN3/c1-11(9-12-5-6-12)18-14-4-2-3-13(16)15(14)19-8-7-17-10-19/h2-4,7-8,10-12,18H,5-6,9H2,1H3. The van der Waals surface area contributed by atoms with Crippen molar-refractivity contribution in [3.05, 3.63) is 41.9 Å². The second-order valence-corrected chi connectivity index (χ2v) is 5.74. The number of imidazole rings is 1. The number of rotatable bonds is 5. The van der Waals surface area contributed by atoms with Gasteiger partial charge in [0.1, 0.15) is 0 Å². The molecule has 0 bridgehead atoms. The summed E-state index contributed by atoms with van der Waals surface area (Å²) in [6, 6.07) is 6.43. The number of hydrogen-bond donors (Lipinski definition) is 1. The molecule has 1 unspecified atom stereocenters. The SMILES string of the molecule is CC(CC1CC1)Nc1cccc(Cl)c1-n1ccnc1. The molecule has 0 aliphatic heterocycles. The van der Waals surface area contributed by atoms with Crippen molar-refractivity contribution in [2.75, 3.05) is 5.32 Å². The number of benzene rings is 1. The number of para-hydroxylation sites is 1. The maximum absolute atomic E-state index is 6.33. The summed E-state index contributed by atoms with van der Waals surface area (Å²) in [6.07, 6.45) is 9.46. The average Bonchev–Trinajstić information content (AvgIpc) is 3.02. The highest BCUT2D eigenvalue weighted by Gasteiger charge is 2.24. The Morgan fingerprint density at radius 1 is 1.47 bits per heavy atom. The van der Waals surface area contributed by atoms with Crippen molar-refractivity contribution in [2.24, 2.45) is 5.92 Å². The highest BCUT2D eigenvalue weighted by Crippen LogP contribution is 2.35. The molecule has 1 saturated carbocycles.